The van der Waals surface area contributed by atoms with E-state index < -0.39 is 6.10 Å². The number of hydrogen-bond acceptors (Lipinski definition) is 6. The van der Waals surface area contributed by atoms with Crippen molar-refractivity contribution in [2.75, 3.05) is 13.2 Å². The predicted molar refractivity (Wildman–Crippen MR) is 297 cm³/mol. The number of carbonyl (C=O) groups excluding carboxylic acids is 3. The molecule has 0 saturated carbocycles. The second kappa shape index (κ2) is 56.4. The molecular formula is C63H102O6. The van der Waals surface area contributed by atoms with Crippen molar-refractivity contribution in [3.63, 3.8) is 0 Å². The first kappa shape index (κ1) is 64.8. The van der Waals surface area contributed by atoms with Gasteiger partial charge in [-0.15, -0.1) is 0 Å². The predicted octanol–water partition coefficient (Wildman–Crippen LogP) is 18.9. The molecule has 0 fully saturated rings. The summed E-state index contributed by atoms with van der Waals surface area (Å²) in [6.45, 7) is 6.39. The quantitative estimate of drug-likeness (QED) is 0.0199. The first-order chi connectivity index (χ1) is 34.0. The molecule has 0 rings (SSSR count). The van der Waals surface area contributed by atoms with Gasteiger partial charge in [-0.25, -0.2) is 0 Å². The molecule has 0 radical (unpaired) electrons. The minimum absolute atomic E-state index is 0.114. The average Bonchev–Trinajstić information content (AvgIpc) is 3.35. The zero-order valence-electron chi connectivity index (χ0n) is 44.5. The molecule has 1 atom stereocenters. The molecule has 0 aromatic heterocycles. The molecule has 0 aliphatic rings. The number of carbonyl (C=O) groups is 3. The monoisotopic (exact) mass is 955 g/mol. The van der Waals surface area contributed by atoms with E-state index in [-0.39, 0.29) is 37.5 Å². The Labute approximate surface area is 424 Å². The van der Waals surface area contributed by atoms with Crippen molar-refractivity contribution in [2.45, 2.75) is 245 Å². The van der Waals surface area contributed by atoms with Gasteiger partial charge < -0.3 is 14.2 Å². The maximum absolute atomic E-state index is 12.8. The summed E-state index contributed by atoms with van der Waals surface area (Å²) >= 11 is 0. The van der Waals surface area contributed by atoms with Crippen LogP contribution in [0, 0.1) is 0 Å². The Morgan fingerprint density at radius 2 is 0.623 bits per heavy atom. The molecule has 0 aliphatic heterocycles. The molecular weight excluding hydrogens is 853 g/mol. The van der Waals surface area contributed by atoms with Crippen molar-refractivity contribution < 1.29 is 28.6 Å². The molecule has 0 heterocycles. The van der Waals surface area contributed by atoms with Crippen molar-refractivity contribution in [1.29, 1.82) is 0 Å². The van der Waals surface area contributed by atoms with Gasteiger partial charge in [-0.2, -0.15) is 0 Å². The van der Waals surface area contributed by atoms with Crippen LogP contribution in [0.5, 0.6) is 0 Å². The lowest BCUT2D eigenvalue weighted by molar-refractivity contribution is -0.167. The Balaban J connectivity index is 4.53. The van der Waals surface area contributed by atoms with E-state index in [1.807, 2.05) is 0 Å². The third kappa shape index (κ3) is 54.6. The van der Waals surface area contributed by atoms with E-state index in [2.05, 4.69) is 142 Å². The van der Waals surface area contributed by atoms with Crippen molar-refractivity contribution in [3.8, 4) is 0 Å². The number of allylic oxidation sites excluding steroid dienone is 20. The summed E-state index contributed by atoms with van der Waals surface area (Å²) < 4.78 is 16.8. The molecule has 0 spiro atoms. The largest absolute Gasteiger partial charge is 0.462 e. The van der Waals surface area contributed by atoms with Gasteiger partial charge in [0.15, 0.2) is 6.10 Å². The number of esters is 3. The van der Waals surface area contributed by atoms with Crippen LogP contribution in [0.25, 0.3) is 0 Å². The zero-order valence-corrected chi connectivity index (χ0v) is 44.5. The highest BCUT2D eigenvalue weighted by Gasteiger charge is 2.19. The topological polar surface area (TPSA) is 78.9 Å². The number of ether oxygens (including phenoxy) is 3. The van der Waals surface area contributed by atoms with E-state index in [0.717, 1.165) is 116 Å². The van der Waals surface area contributed by atoms with E-state index in [9.17, 15) is 14.4 Å². The molecule has 0 saturated heterocycles. The van der Waals surface area contributed by atoms with Crippen molar-refractivity contribution >= 4 is 17.9 Å². The first-order valence-corrected chi connectivity index (χ1v) is 28.1. The van der Waals surface area contributed by atoms with E-state index in [0.29, 0.717) is 19.3 Å². The maximum atomic E-state index is 12.8. The third-order valence-electron chi connectivity index (χ3n) is 11.4. The Bertz CT molecular complexity index is 1470. The van der Waals surface area contributed by atoms with Crippen LogP contribution in [0.2, 0.25) is 0 Å². The molecule has 1 unspecified atom stereocenters. The van der Waals surface area contributed by atoms with Gasteiger partial charge in [-0.3, -0.25) is 14.4 Å². The fourth-order valence-corrected chi connectivity index (χ4v) is 7.24. The lowest BCUT2D eigenvalue weighted by Crippen LogP contribution is -2.30. The normalized spacial score (nSPS) is 13.0. The third-order valence-corrected chi connectivity index (χ3v) is 11.4. The second-order valence-corrected chi connectivity index (χ2v) is 18.1. The van der Waals surface area contributed by atoms with Gasteiger partial charge in [-0.1, -0.05) is 219 Å². The number of unbranched alkanes of at least 4 members (excludes halogenated alkanes) is 19. The first-order valence-electron chi connectivity index (χ1n) is 28.1. The van der Waals surface area contributed by atoms with Gasteiger partial charge in [0.05, 0.1) is 0 Å². The van der Waals surface area contributed by atoms with Gasteiger partial charge in [0, 0.05) is 19.3 Å². The van der Waals surface area contributed by atoms with Crippen LogP contribution in [0.4, 0.5) is 0 Å². The van der Waals surface area contributed by atoms with Gasteiger partial charge in [0.25, 0.3) is 0 Å². The Kier molecular flexibility index (Phi) is 53.0. The Morgan fingerprint density at radius 3 is 1.01 bits per heavy atom. The highest BCUT2D eigenvalue weighted by Crippen LogP contribution is 2.13. The summed E-state index contributed by atoms with van der Waals surface area (Å²) in [4.78, 5) is 38.1. The summed E-state index contributed by atoms with van der Waals surface area (Å²) in [6.07, 6.45) is 77.5. The van der Waals surface area contributed by atoms with Crippen LogP contribution in [0.1, 0.15) is 239 Å². The average molecular weight is 956 g/mol. The zero-order chi connectivity index (χ0) is 50.0. The van der Waals surface area contributed by atoms with Crippen LogP contribution in [-0.4, -0.2) is 37.2 Å². The minimum atomic E-state index is -0.822. The molecule has 0 aliphatic carbocycles. The molecule has 0 aromatic rings. The molecule has 6 heteroatoms. The van der Waals surface area contributed by atoms with E-state index in [4.69, 9.17) is 14.2 Å². The van der Waals surface area contributed by atoms with Gasteiger partial charge in [0.2, 0.25) is 0 Å². The SMILES string of the molecule is CC/C=C\C/C=C\C/C=C\C/C=C\CCCCCCCCC(=O)OCC(COC(=O)CCCCCCCC/C=C\C=C/CCCCC)OC(=O)CCC/C=C\C/C=C\C/C=C\C/C=C\CCCCC. The van der Waals surface area contributed by atoms with E-state index in [1.165, 1.54) is 77.0 Å². The van der Waals surface area contributed by atoms with Crippen LogP contribution in [0.3, 0.4) is 0 Å². The van der Waals surface area contributed by atoms with Crippen molar-refractivity contribution in [3.05, 3.63) is 122 Å². The summed E-state index contributed by atoms with van der Waals surface area (Å²) in [5, 5.41) is 0. The van der Waals surface area contributed by atoms with Gasteiger partial charge in [0.1, 0.15) is 13.2 Å². The minimum Gasteiger partial charge on any atom is -0.462 e. The van der Waals surface area contributed by atoms with E-state index in [1.54, 1.807) is 0 Å². The summed E-state index contributed by atoms with van der Waals surface area (Å²) in [5.41, 5.74) is 0. The molecule has 0 N–H and O–H groups in total. The lowest BCUT2D eigenvalue weighted by atomic mass is 10.1. The smallest absolute Gasteiger partial charge is 0.306 e. The molecule has 0 amide bonds. The molecule has 69 heavy (non-hydrogen) atoms. The van der Waals surface area contributed by atoms with Crippen LogP contribution >= 0.6 is 0 Å². The highest BCUT2D eigenvalue weighted by molar-refractivity contribution is 5.71. The van der Waals surface area contributed by atoms with Crippen molar-refractivity contribution in [2.24, 2.45) is 0 Å². The molecule has 6 nitrogen and oxygen atoms in total. The lowest BCUT2D eigenvalue weighted by Gasteiger charge is -2.18. The van der Waals surface area contributed by atoms with Crippen LogP contribution in [-0.2, 0) is 28.6 Å². The molecule has 0 aromatic carbocycles. The van der Waals surface area contributed by atoms with Crippen LogP contribution < -0.4 is 0 Å². The Morgan fingerprint density at radius 1 is 0.319 bits per heavy atom. The van der Waals surface area contributed by atoms with Gasteiger partial charge in [-0.05, 0) is 122 Å². The van der Waals surface area contributed by atoms with Crippen LogP contribution in [0.15, 0.2) is 122 Å². The van der Waals surface area contributed by atoms with E-state index >= 15 is 0 Å². The number of hydrogen-bond donors (Lipinski definition) is 0. The molecule has 0 bridgehead atoms. The Hall–Kier alpha value is -4.19. The number of rotatable bonds is 49. The summed E-state index contributed by atoms with van der Waals surface area (Å²) in [6, 6.07) is 0. The summed E-state index contributed by atoms with van der Waals surface area (Å²) in [7, 11) is 0. The standard InChI is InChI=1S/C63H102O6/c1-4-7-10-13-16-19-22-25-28-30-31-33-35-38-41-44-47-50-53-56-62(65)68-59-60(58-67-61(64)55-52-49-46-43-40-37-34-27-24-21-18-15-12-9-6-3)69-63(66)57-54-51-48-45-42-39-36-32-29-26-23-20-17-14-11-8-5-2/h7,10,16-21,24-29,31,33,36,39,45,48,60H,4-6,8-9,11-15,22-23,30,32,34-35,37-38,40-44,46-47,49-59H2,1-3H3/b10-7-,19-16-,20-17-,21-18-,27-24-,28-25-,29-26-,33-31-,39-36-,48-45-. The second-order valence-electron chi connectivity index (χ2n) is 18.1. The van der Waals surface area contributed by atoms with Gasteiger partial charge >= 0.3 is 17.9 Å². The van der Waals surface area contributed by atoms with Crippen molar-refractivity contribution in [1.82, 2.24) is 0 Å². The maximum Gasteiger partial charge on any atom is 0.306 e. The fourth-order valence-electron chi connectivity index (χ4n) is 7.24. The highest BCUT2D eigenvalue weighted by atomic mass is 16.6. The molecule has 390 valence electrons. The summed E-state index contributed by atoms with van der Waals surface area (Å²) in [5.74, 6) is -0.999. The fraction of sp³-hybridized carbons (Fsp3) is 0.635.